The molecule has 0 spiro atoms. The molecule has 170 valence electrons. The fourth-order valence-electron chi connectivity index (χ4n) is 2.72. The van der Waals surface area contributed by atoms with E-state index in [9.17, 15) is 13.6 Å². The van der Waals surface area contributed by atoms with Gasteiger partial charge in [0.15, 0.2) is 5.96 Å². The van der Waals surface area contributed by atoms with Crippen LogP contribution in [0.1, 0.15) is 24.8 Å². The molecule has 0 aromatic heterocycles. The Labute approximate surface area is 197 Å². The Hall–Kier alpha value is -1.40. The second-order valence-corrected chi connectivity index (χ2v) is 7.24. The highest BCUT2D eigenvalue weighted by atomic mass is 127. The lowest BCUT2D eigenvalue weighted by Gasteiger charge is -2.24. The predicted molar refractivity (Wildman–Crippen MR) is 123 cm³/mol. The summed E-state index contributed by atoms with van der Waals surface area (Å²) in [6, 6.07) is 4.38. The molecule has 2 rings (SSSR count). The number of hydrogen-bond donors (Lipinski definition) is 2. The van der Waals surface area contributed by atoms with Gasteiger partial charge in [0.05, 0.1) is 19.2 Å². The van der Waals surface area contributed by atoms with Gasteiger partial charge >= 0.3 is 6.61 Å². The fourth-order valence-corrected chi connectivity index (χ4v) is 2.91. The van der Waals surface area contributed by atoms with Crippen LogP contribution in [0.25, 0.3) is 0 Å². The first-order chi connectivity index (χ1) is 13.8. The summed E-state index contributed by atoms with van der Waals surface area (Å²) in [5.41, 5.74) is 0.409. The van der Waals surface area contributed by atoms with Crippen molar-refractivity contribution in [2.24, 2.45) is 4.99 Å². The van der Waals surface area contributed by atoms with Gasteiger partial charge in [0.2, 0.25) is 5.91 Å². The molecule has 11 heteroatoms. The van der Waals surface area contributed by atoms with Crippen LogP contribution in [0.2, 0.25) is 5.02 Å². The highest BCUT2D eigenvalue weighted by Crippen LogP contribution is 2.25. The van der Waals surface area contributed by atoms with Crippen LogP contribution >= 0.6 is 35.6 Å². The first-order valence-corrected chi connectivity index (χ1v) is 9.80. The van der Waals surface area contributed by atoms with Crippen molar-refractivity contribution >= 4 is 47.4 Å². The topological polar surface area (TPSA) is 75.2 Å². The Kier molecular flexibility index (Phi) is 12.3. The SMILES string of the molecule is CN(C)C(=O)CNC(=NCc1cc(Cl)ccc1OC(F)F)NCC1CCCCO1.I. The molecule has 0 radical (unpaired) electrons. The maximum Gasteiger partial charge on any atom is 0.387 e. The number of amides is 1. The van der Waals surface area contributed by atoms with Crippen LogP contribution < -0.4 is 15.4 Å². The molecule has 0 aliphatic carbocycles. The number of aliphatic imine (C=N–C) groups is 1. The maximum atomic E-state index is 12.6. The minimum absolute atomic E-state index is 0. The lowest BCUT2D eigenvalue weighted by Crippen LogP contribution is -2.45. The number of carbonyl (C=O) groups is 1. The van der Waals surface area contributed by atoms with E-state index in [1.54, 1.807) is 14.1 Å². The molecule has 1 aliphatic rings. The predicted octanol–water partition coefficient (Wildman–Crippen LogP) is 3.25. The Bertz CT molecular complexity index is 704. The van der Waals surface area contributed by atoms with E-state index in [0.717, 1.165) is 25.9 Å². The molecule has 1 aromatic carbocycles. The largest absolute Gasteiger partial charge is 0.434 e. The normalized spacial score (nSPS) is 16.6. The number of likely N-dealkylation sites (N-methyl/N-ethyl adjacent to an activating group) is 1. The van der Waals surface area contributed by atoms with Gasteiger partial charge in [-0.3, -0.25) is 4.79 Å². The van der Waals surface area contributed by atoms with Crippen molar-refractivity contribution in [1.29, 1.82) is 0 Å². The van der Waals surface area contributed by atoms with Gasteiger partial charge in [-0.05, 0) is 37.5 Å². The minimum atomic E-state index is -2.95. The van der Waals surface area contributed by atoms with E-state index in [4.69, 9.17) is 16.3 Å². The quantitative estimate of drug-likeness (QED) is 0.290. The molecule has 0 saturated carbocycles. The lowest BCUT2D eigenvalue weighted by atomic mass is 10.1. The molecular weight excluding hydrogens is 533 g/mol. The molecule has 1 amide bonds. The van der Waals surface area contributed by atoms with E-state index in [0.29, 0.717) is 23.1 Å². The van der Waals surface area contributed by atoms with Crippen molar-refractivity contribution in [3.63, 3.8) is 0 Å². The number of alkyl halides is 2. The molecule has 1 heterocycles. The van der Waals surface area contributed by atoms with Crippen LogP contribution in [0.3, 0.4) is 0 Å². The molecule has 0 bridgehead atoms. The van der Waals surface area contributed by atoms with Gasteiger partial charge in [0, 0.05) is 37.8 Å². The fraction of sp³-hybridized carbons (Fsp3) is 0.579. The van der Waals surface area contributed by atoms with Crippen molar-refractivity contribution in [3.8, 4) is 5.75 Å². The Morgan fingerprint density at radius 3 is 2.77 bits per heavy atom. The molecule has 1 atom stereocenters. The molecule has 1 unspecified atom stereocenters. The van der Waals surface area contributed by atoms with Gasteiger partial charge in [0.1, 0.15) is 5.75 Å². The summed E-state index contributed by atoms with van der Waals surface area (Å²) in [7, 11) is 3.31. The second-order valence-electron chi connectivity index (χ2n) is 6.81. The third kappa shape index (κ3) is 9.61. The summed E-state index contributed by atoms with van der Waals surface area (Å²) in [6.45, 7) is -1.61. The summed E-state index contributed by atoms with van der Waals surface area (Å²) < 4.78 is 35.5. The number of carbonyl (C=O) groups excluding carboxylic acids is 1. The third-order valence-corrected chi connectivity index (χ3v) is 4.56. The van der Waals surface area contributed by atoms with Crippen molar-refractivity contribution in [3.05, 3.63) is 28.8 Å². The van der Waals surface area contributed by atoms with Crippen molar-refractivity contribution in [2.75, 3.05) is 33.8 Å². The zero-order valence-corrected chi connectivity index (χ0v) is 20.1. The smallest absolute Gasteiger partial charge is 0.387 e. The van der Waals surface area contributed by atoms with Gasteiger partial charge in [-0.25, -0.2) is 4.99 Å². The number of rotatable bonds is 8. The number of guanidine groups is 1. The van der Waals surface area contributed by atoms with Gasteiger partial charge in [-0.2, -0.15) is 8.78 Å². The molecule has 7 nitrogen and oxygen atoms in total. The van der Waals surface area contributed by atoms with E-state index in [-0.39, 0.29) is 54.8 Å². The lowest BCUT2D eigenvalue weighted by molar-refractivity contribution is -0.127. The van der Waals surface area contributed by atoms with E-state index < -0.39 is 6.61 Å². The number of hydrogen-bond acceptors (Lipinski definition) is 4. The summed E-state index contributed by atoms with van der Waals surface area (Å²) in [6.07, 6.45) is 3.15. The van der Waals surface area contributed by atoms with E-state index in [1.807, 2.05) is 0 Å². The summed E-state index contributed by atoms with van der Waals surface area (Å²) in [4.78, 5) is 17.7. The molecule has 1 fully saturated rings. The summed E-state index contributed by atoms with van der Waals surface area (Å²) in [5.74, 6) is 0.253. The molecule has 2 N–H and O–H groups in total. The summed E-state index contributed by atoms with van der Waals surface area (Å²) in [5, 5.41) is 6.49. The second kappa shape index (κ2) is 13.8. The molecule has 1 aromatic rings. The third-order valence-electron chi connectivity index (χ3n) is 4.32. The standard InChI is InChI=1S/C19H27ClF2N4O3.HI/c1-26(2)17(27)12-25-19(24-11-15-5-3-4-8-28-15)23-10-13-9-14(20)6-7-16(13)29-18(21)22;/h6-7,9,15,18H,3-5,8,10-12H2,1-2H3,(H2,23,24,25);1H. The molecule has 1 saturated heterocycles. The van der Waals surface area contributed by atoms with E-state index in [2.05, 4.69) is 20.4 Å². The number of nitrogens with one attached hydrogen (secondary N) is 2. The van der Waals surface area contributed by atoms with Gasteiger partial charge < -0.3 is 25.0 Å². The van der Waals surface area contributed by atoms with Crippen LogP contribution in [0, 0.1) is 0 Å². The molecule has 1 aliphatic heterocycles. The van der Waals surface area contributed by atoms with Crippen LogP contribution in [0.4, 0.5) is 8.78 Å². The maximum absolute atomic E-state index is 12.6. The highest BCUT2D eigenvalue weighted by molar-refractivity contribution is 14.0. The zero-order valence-electron chi connectivity index (χ0n) is 17.0. The monoisotopic (exact) mass is 560 g/mol. The first kappa shape index (κ1) is 26.6. The molecule has 30 heavy (non-hydrogen) atoms. The van der Waals surface area contributed by atoms with Crippen molar-refractivity contribution in [1.82, 2.24) is 15.5 Å². The zero-order chi connectivity index (χ0) is 21.2. The minimum Gasteiger partial charge on any atom is -0.434 e. The average molecular weight is 561 g/mol. The van der Waals surface area contributed by atoms with Crippen molar-refractivity contribution < 1.29 is 23.0 Å². The Balaban J connectivity index is 0.00000450. The number of benzene rings is 1. The average Bonchev–Trinajstić information content (AvgIpc) is 2.69. The number of nitrogens with zero attached hydrogens (tertiary/aromatic N) is 2. The summed E-state index contributed by atoms with van der Waals surface area (Å²) >= 11 is 5.98. The van der Waals surface area contributed by atoms with Crippen molar-refractivity contribution in [2.45, 2.75) is 38.5 Å². The first-order valence-electron chi connectivity index (χ1n) is 9.42. The van der Waals surface area contributed by atoms with Crippen LogP contribution in [0.15, 0.2) is 23.2 Å². The van der Waals surface area contributed by atoms with Gasteiger partial charge in [-0.15, -0.1) is 24.0 Å². The van der Waals surface area contributed by atoms with E-state index >= 15 is 0 Å². The Morgan fingerprint density at radius 2 is 2.13 bits per heavy atom. The number of ether oxygens (including phenoxy) is 2. The van der Waals surface area contributed by atoms with Crippen LogP contribution in [-0.2, 0) is 16.1 Å². The van der Waals surface area contributed by atoms with Gasteiger partial charge in [0.25, 0.3) is 0 Å². The van der Waals surface area contributed by atoms with E-state index in [1.165, 1.54) is 23.1 Å². The van der Waals surface area contributed by atoms with Gasteiger partial charge in [-0.1, -0.05) is 11.6 Å². The van der Waals surface area contributed by atoms with Crippen LogP contribution in [0.5, 0.6) is 5.75 Å². The highest BCUT2D eigenvalue weighted by Gasteiger charge is 2.15. The molecular formula is C19H28ClF2IN4O3. The number of halogens is 4. The van der Waals surface area contributed by atoms with Crippen LogP contribution in [-0.4, -0.2) is 63.3 Å². The Morgan fingerprint density at radius 1 is 1.37 bits per heavy atom.